The lowest BCUT2D eigenvalue weighted by Crippen LogP contribution is -2.45. The first-order chi connectivity index (χ1) is 20.6. The van der Waals surface area contributed by atoms with E-state index in [4.69, 9.17) is 14.2 Å². The summed E-state index contributed by atoms with van der Waals surface area (Å²) in [4.78, 5) is 14.3. The molecule has 0 amide bonds. The standard InChI is InChI=1S/C35H36N4O3/c1-40-33-21-30(22-34(41-2)35(33)42-3)32-19-26(11-13-37-32)24-39-16-14-38(15-17-39)23-25-10-12-36-31(18-25)29-9-8-27-6-4-5-7-28(27)20-29/h4-13,18-22H,14-17,23-24H2,1-3H3. The molecule has 214 valence electrons. The third-order valence-corrected chi connectivity index (χ3v) is 7.93. The molecule has 7 heteroatoms. The first-order valence-corrected chi connectivity index (χ1v) is 14.3. The maximum absolute atomic E-state index is 5.54. The Balaban J connectivity index is 1.08. The molecule has 0 atom stereocenters. The summed E-state index contributed by atoms with van der Waals surface area (Å²) in [5.41, 5.74) is 6.52. The van der Waals surface area contributed by atoms with Crippen molar-refractivity contribution < 1.29 is 14.2 Å². The van der Waals surface area contributed by atoms with Crippen LogP contribution < -0.4 is 14.2 Å². The van der Waals surface area contributed by atoms with Crippen LogP contribution in [0.2, 0.25) is 0 Å². The summed E-state index contributed by atoms with van der Waals surface area (Å²) in [6.07, 6.45) is 3.81. The largest absolute Gasteiger partial charge is 0.493 e. The summed E-state index contributed by atoms with van der Waals surface area (Å²) in [6, 6.07) is 27.5. The van der Waals surface area contributed by atoms with Crippen molar-refractivity contribution in [1.82, 2.24) is 19.8 Å². The number of methoxy groups -OCH3 is 3. The average molecular weight is 561 g/mol. The molecule has 42 heavy (non-hydrogen) atoms. The van der Waals surface area contributed by atoms with E-state index in [0.717, 1.165) is 61.8 Å². The second-order valence-electron chi connectivity index (χ2n) is 10.6. The van der Waals surface area contributed by atoms with Crippen molar-refractivity contribution in [3.05, 3.63) is 102 Å². The zero-order valence-corrected chi connectivity index (χ0v) is 24.4. The van der Waals surface area contributed by atoms with Crippen LogP contribution in [0.25, 0.3) is 33.3 Å². The Bertz CT molecular complexity index is 1660. The van der Waals surface area contributed by atoms with Crippen LogP contribution in [0.5, 0.6) is 17.2 Å². The van der Waals surface area contributed by atoms with Gasteiger partial charge in [0, 0.05) is 62.8 Å². The number of hydrogen-bond donors (Lipinski definition) is 0. The van der Waals surface area contributed by atoms with Gasteiger partial charge in [-0.05, 0) is 64.4 Å². The van der Waals surface area contributed by atoms with Gasteiger partial charge in [0.05, 0.1) is 32.7 Å². The van der Waals surface area contributed by atoms with Crippen LogP contribution >= 0.6 is 0 Å². The van der Waals surface area contributed by atoms with Crippen molar-refractivity contribution in [2.75, 3.05) is 47.5 Å². The second kappa shape index (κ2) is 12.6. The van der Waals surface area contributed by atoms with Gasteiger partial charge in [0.15, 0.2) is 11.5 Å². The predicted molar refractivity (Wildman–Crippen MR) is 167 cm³/mol. The number of fused-ring (bicyclic) bond motifs is 1. The monoisotopic (exact) mass is 560 g/mol. The number of benzene rings is 3. The Morgan fingerprint density at radius 1 is 0.571 bits per heavy atom. The fourth-order valence-corrected chi connectivity index (χ4v) is 5.66. The van der Waals surface area contributed by atoms with Gasteiger partial charge in [-0.25, -0.2) is 0 Å². The lowest BCUT2D eigenvalue weighted by atomic mass is 10.0. The molecule has 6 rings (SSSR count). The Morgan fingerprint density at radius 2 is 1.12 bits per heavy atom. The van der Waals surface area contributed by atoms with E-state index in [1.807, 2.05) is 24.5 Å². The first-order valence-electron chi connectivity index (χ1n) is 14.3. The third-order valence-electron chi connectivity index (χ3n) is 7.93. The zero-order chi connectivity index (χ0) is 28.9. The molecule has 1 saturated heterocycles. The number of hydrogen-bond acceptors (Lipinski definition) is 7. The molecule has 5 aromatic rings. The smallest absolute Gasteiger partial charge is 0.203 e. The summed E-state index contributed by atoms with van der Waals surface area (Å²) < 4.78 is 16.6. The minimum absolute atomic E-state index is 0.578. The van der Waals surface area contributed by atoms with Gasteiger partial charge in [-0.2, -0.15) is 0 Å². The summed E-state index contributed by atoms with van der Waals surface area (Å²) in [5, 5.41) is 2.49. The van der Waals surface area contributed by atoms with E-state index < -0.39 is 0 Å². The average Bonchev–Trinajstić information content (AvgIpc) is 3.05. The number of aromatic nitrogens is 2. The van der Waals surface area contributed by atoms with E-state index in [9.17, 15) is 0 Å². The van der Waals surface area contributed by atoms with E-state index in [-0.39, 0.29) is 0 Å². The molecule has 0 radical (unpaired) electrons. The van der Waals surface area contributed by atoms with Gasteiger partial charge >= 0.3 is 0 Å². The quantitative estimate of drug-likeness (QED) is 0.209. The number of rotatable bonds is 9. The molecule has 2 aromatic heterocycles. The summed E-state index contributed by atoms with van der Waals surface area (Å²) in [7, 11) is 4.87. The Hall–Kier alpha value is -4.46. The lowest BCUT2D eigenvalue weighted by molar-refractivity contribution is 0.122. The fraction of sp³-hybridized carbons (Fsp3) is 0.257. The Labute approximate surface area is 247 Å². The maximum atomic E-state index is 5.54. The second-order valence-corrected chi connectivity index (χ2v) is 10.6. The third kappa shape index (κ3) is 6.08. The van der Waals surface area contributed by atoms with Crippen molar-refractivity contribution in [3.8, 4) is 39.8 Å². The molecule has 0 N–H and O–H groups in total. The van der Waals surface area contributed by atoms with E-state index in [2.05, 4.69) is 86.5 Å². The van der Waals surface area contributed by atoms with E-state index in [1.165, 1.54) is 21.9 Å². The highest BCUT2D eigenvalue weighted by molar-refractivity contribution is 5.86. The fourth-order valence-electron chi connectivity index (χ4n) is 5.66. The van der Waals surface area contributed by atoms with Crippen molar-refractivity contribution in [2.45, 2.75) is 13.1 Å². The molecular formula is C35H36N4O3. The molecule has 3 heterocycles. The normalized spacial score (nSPS) is 14.2. The highest BCUT2D eigenvalue weighted by atomic mass is 16.5. The molecule has 0 spiro atoms. The minimum atomic E-state index is 0.578. The molecule has 0 saturated carbocycles. The van der Waals surface area contributed by atoms with Gasteiger partial charge < -0.3 is 14.2 Å². The molecule has 7 nitrogen and oxygen atoms in total. The highest BCUT2D eigenvalue weighted by Gasteiger charge is 2.19. The van der Waals surface area contributed by atoms with Crippen LogP contribution in [-0.2, 0) is 13.1 Å². The van der Waals surface area contributed by atoms with Crippen LogP contribution in [0.15, 0.2) is 91.3 Å². The Morgan fingerprint density at radius 3 is 1.67 bits per heavy atom. The number of ether oxygens (including phenoxy) is 3. The molecule has 0 unspecified atom stereocenters. The molecular weight excluding hydrogens is 524 g/mol. The summed E-state index contributed by atoms with van der Waals surface area (Å²) in [6.45, 7) is 5.90. The molecule has 0 aliphatic carbocycles. The zero-order valence-electron chi connectivity index (χ0n) is 24.4. The SMILES string of the molecule is COc1cc(-c2cc(CN3CCN(Cc4ccnc(-c5ccc6ccccc6c5)c4)CC3)ccn2)cc(OC)c1OC. The van der Waals surface area contributed by atoms with Gasteiger partial charge in [-0.15, -0.1) is 0 Å². The lowest BCUT2D eigenvalue weighted by Gasteiger charge is -2.34. The van der Waals surface area contributed by atoms with Crippen molar-refractivity contribution in [1.29, 1.82) is 0 Å². The van der Waals surface area contributed by atoms with Crippen LogP contribution in [0.4, 0.5) is 0 Å². The minimum Gasteiger partial charge on any atom is -0.493 e. The van der Waals surface area contributed by atoms with Crippen molar-refractivity contribution in [3.63, 3.8) is 0 Å². The van der Waals surface area contributed by atoms with Gasteiger partial charge in [-0.1, -0.05) is 36.4 Å². The van der Waals surface area contributed by atoms with Crippen molar-refractivity contribution in [2.24, 2.45) is 0 Å². The van der Waals surface area contributed by atoms with Crippen LogP contribution in [0.1, 0.15) is 11.1 Å². The maximum Gasteiger partial charge on any atom is 0.203 e. The topological polar surface area (TPSA) is 60.0 Å². The highest BCUT2D eigenvalue weighted by Crippen LogP contribution is 2.41. The van der Waals surface area contributed by atoms with Crippen molar-refractivity contribution >= 4 is 10.8 Å². The van der Waals surface area contributed by atoms with Gasteiger partial charge in [0.1, 0.15) is 0 Å². The number of nitrogens with zero attached hydrogens (tertiary/aromatic N) is 4. The van der Waals surface area contributed by atoms with E-state index >= 15 is 0 Å². The number of piperazine rings is 1. The molecule has 0 bridgehead atoms. The van der Waals surface area contributed by atoms with Crippen LogP contribution in [-0.4, -0.2) is 67.3 Å². The number of pyridine rings is 2. The molecule has 1 aliphatic heterocycles. The summed E-state index contributed by atoms with van der Waals surface area (Å²) >= 11 is 0. The molecule has 1 fully saturated rings. The summed E-state index contributed by atoms with van der Waals surface area (Å²) in [5.74, 6) is 1.82. The first kappa shape index (κ1) is 27.7. The Kier molecular flexibility index (Phi) is 8.30. The van der Waals surface area contributed by atoms with Gasteiger partial charge in [0.25, 0.3) is 0 Å². The molecule has 1 aliphatic rings. The van der Waals surface area contributed by atoms with E-state index in [0.29, 0.717) is 17.2 Å². The van der Waals surface area contributed by atoms with Gasteiger partial charge in [0.2, 0.25) is 5.75 Å². The van der Waals surface area contributed by atoms with E-state index in [1.54, 1.807) is 21.3 Å². The predicted octanol–water partition coefficient (Wildman–Crippen LogP) is 6.31. The van der Waals surface area contributed by atoms with Crippen LogP contribution in [0.3, 0.4) is 0 Å². The van der Waals surface area contributed by atoms with Crippen LogP contribution in [0, 0.1) is 0 Å². The molecule has 3 aromatic carbocycles. The van der Waals surface area contributed by atoms with Gasteiger partial charge in [-0.3, -0.25) is 19.8 Å².